The van der Waals surface area contributed by atoms with Gasteiger partial charge in [0.15, 0.2) is 0 Å². The van der Waals surface area contributed by atoms with Gasteiger partial charge in [0, 0.05) is 4.47 Å². The molecule has 0 aliphatic heterocycles. The van der Waals surface area contributed by atoms with Crippen LogP contribution >= 0.6 is 15.9 Å². The van der Waals surface area contributed by atoms with Gasteiger partial charge in [0.2, 0.25) is 0 Å². The summed E-state index contributed by atoms with van der Waals surface area (Å²) in [5.41, 5.74) is 0.234. The summed E-state index contributed by atoms with van der Waals surface area (Å²) in [6.07, 6.45) is 1.19. The summed E-state index contributed by atoms with van der Waals surface area (Å²) >= 11 is 3.17. The molecule has 0 spiro atoms. The van der Waals surface area contributed by atoms with E-state index in [2.05, 4.69) is 15.9 Å². The van der Waals surface area contributed by atoms with Gasteiger partial charge in [0.05, 0.1) is 11.8 Å². The van der Waals surface area contributed by atoms with Crippen LogP contribution in [0, 0.1) is 11.3 Å². The maximum atomic E-state index is 11.3. The molecule has 0 aliphatic rings. The van der Waals surface area contributed by atoms with Gasteiger partial charge in [-0.05, 0) is 18.2 Å². The number of hydrogen-bond donors (Lipinski definition) is 0. The van der Waals surface area contributed by atoms with Gasteiger partial charge in [-0.1, -0.05) is 15.9 Å². The van der Waals surface area contributed by atoms with Gasteiger partial charge in [-0.25, -0.2) is 4.21 Å². The van der Waals surface area contributed by atoms with E-state index in [9.17, 15) is 8.42 Å². The smallest absolute Gasteiger partial charge is 0.224 e. The lowest BCUT2D eigenvalue weighted by Crippen LogP contribution is -1.99. The molecule has 1 aromatic rings. The molecule has 1 aromatic carbocycles. The Morgan fingerprint density at radius 3 is 2.69 bits per heavy atom. The van der Waals surface area contributed by atoms with Crippen molar-refractivity contribution in [2.75, 3.05) is 6.26 Å². The molecule has 0 saturated heterocycles. The van der Waals surface area contributed by atoms with Crippen LogP contribution in [0.4, 0.5) is 0 Å². The molecule has 0 radical (unpaired) electrons. The molecule has 5 heteroatoms. The Kier molecular flexibility index (Phi) is 2.74. The third kappa shape index (κ3) is 2.29. The van der Waals surface area contributed by atoms with E-state index >= 15 is 0 Å². The number of halogens is 1. The van der Waals surface area contributed by atoms with Crippen molar-refractivity contribution >= 4 is 25.8 Å². The highest BCUT2D eigenvalue weighted by Crippen LogP contribution is 2.20. The van der Waals surface area contributed by atoms with Crippen molar-refractivity contribution in [2.45, 2.75) is 4.90 Å². The van der Waals surface area contributed by atoms with Gasteiger partial charge in [0.25, 0.3) is 0 Å². The third-order valence-corrected chi connectivity index (χ3v) is 3.12. The largest absolute Gasteiger partial charge is 0.301 e. The molecule has 0 aliphatic carbocycles. The lowest BCUT2D eigenvalue weighted by molar-refractivity contribution is 0.620. The van der Waals surface area contributed by atoms with Crippen LogP contribution in [0.1, 0.15) is 5.56 Å². The molecule has 1 N–H and O–H groups in total. The van der Waals surface area contributed by atoms with Gasteiger partial charge in [-0.3, -0.25) is 0 Å². The fourth-order valence-corrected chi connectivity index (χ4v) is 2.28. The van der Waals surface area contributed by atoms with E-state index in [4.69, 9.17) is 5.26 Å². The molecule has 0 saturated carbocycles. The summed E-state index contributed by atoms with van der Waals surface area (Å²) in [6, 6.07) is 6.53. The highest BCUT2D eigenvalue weighted by atomic mass is 79.9. The topological polar surface area (TPSA) is 62.3 Å². The fraction of sp³-hybridized carbons (Fsp3) is 0.125. The van der Waals surface area contributed by atoms with Crippen LogP contribution < -0.4 is 0 Å². The summed E-state index contributed by atoms with van der Waals surface area (Å²) in [5, 5.41) is 8.67. The standard InChI is InChI=1S/C8H6BrNO2S/c1-13(11,12)8-4-7(9)3-2-6(8)5-10/h2-4H,1H3/p+1. The average molecular weight is 261 g/mol. The SMILES string of the molecule is CS(=O)(=[OH+])c1cc(Br)ccc1C#N. The summed E-state index contributed by atoms with van der Waals surface area (Å²) in [6.45, 7) is 0. The Labute approximate surface area is 85.0 Å². The Hall–Kier alpha value is -0.860. The predicted octanol–water partition coefficient (Wildman–Crippen LogP) is 1.88. The number of benzene rings is 1. The Balaban J connectivity index is 3.53. The van der Waals surface area contributed by atoms with E-state index in [0.717, 1.165) is 0 Å². The second-order valence-corrected chi connectivity index (χ2v) is 5.52. The summed E-state index contributed by atoms with van der Waals surface area (Å²) < 4.78 is 21.3. The first kappa shape index (κ1) is 10.2. The van der Waals surface area contributed by atoms with Crippen molar-refractivity contribution < 1.29 is 8.42 Å². The summed E-state index contributed by atoms with van der Waals surface area (Å²) in [7, 11) is -3.07. The molecule has 0 heterocycles. The molecule has 68 valence electrons. The fourth-order valence-electron chi connectivity index (χ4n) is 0.902. The van der Waals surface area contributed by atoms with Crippen LogP contribution in [0.5, 0.6) is 0 Å². The van der Waals surface area contributed by atoms with Crippen LogP contribution in [0.25, 0.3) is 0 Å². The number of hydrogen-bond acceptors (Lipinski definition) is 2. The maximum absolute atomic E-state index is 11.3. The first-order valence-electron chi connectivity index (χ1n) is 3.36. The Morgan fingerprint density at radius 2 is 2.23 bits per heavy atom. The maximum Gasteiger partial charge on any atom is 0.301 e. The van der Waals surface area contributed by atoms with E-state index in [-0.39, 0.29) is 10.5 Å². The summed E-state index contributed by atoms with van der Waals surface area (Å²) in [4.78, 5) is 0.171. The van der Waals surface area contributed by atoms with Crippen molar-refractivity contribution in [3.05, 3.63) is 28.2 Å². The van der Waals surface area contributed by atoms with Crippen LogP contribution in [0.15, 0.2) is 27.6 Å². The van der Waals surface area contributed by atoms with Crippen LogP contribution in [-0.4, -0.2) is 14.7 Å². The second kappa shape index (κ2) is 3.48. The molecule has 0 bridgehead atoms. The van der Waals surface area contributed by atoms with E-state index in [1.54, 1.807) is 6.07 Å². The molecule has 1 rings (SSSR count). The Morgan fingerprint density at radius 1 is 1.62 bits per heavy atom. The zero-order valence-electron chi connectivity index (χ0n) is 6.82. The molecule has 0 amide bonds. The molecule has 1 atom stereocenters. The zero-order chi connectivity index (χ0) is 10.1. The van der Waals surface area contributed by atoms with E-state index in [1.165, 1.54) is 18.4 Å². The number of rotatable bonds is 1. The second-order valence-electron chi connectivity index (χ2n) is 2.55. The van der Waals surface area contributed by atoms with Crippen molar-refractivity contribution in [1.29, 1.82) is 5.26 Å². The third-order valence-electron chi connectivity index (χ3n) is 1.47. The zero-order valence-corrected chi connectivity index (χ0v) is 9.22. The Bertz CT molecular complexity index is 473. The van der Waals surface area contributed by atoms with Crippen LogP contribution in [-0.2, 0) is 9.84 Å². The summed E-state index contributed by atoms with van der Waals surface area (Å²) in [5.74, 6) is 0. The minimum Gasteiger partial charge on any atom is -0.224 e. The molecule has 0 aromatic heterocycles. The van der Waals surface area contributed by atoms with Crippen molar-refractivity contribution in [2.24, 2.45) is 0 Å². The lowest BCUT2D eigenvalue weighted by Gasteiger charge is -1.97. The van der Waals surface area contributed by atoms with Gasteiger partial charge in [-0.15, -0.1) is 0 Å². The quantitative estimate of drug-likeness (QED) is 0.724. The van der Waals surface area contributed by atoms with Gasteiger partial charge >= 0.3 is 9.84 Å². The van der Waals surface area contributed by atoms with Crippen molar-refractivity contribution in [3.8, 4) is 6.07 Å². The first-order chi connectivity index (χ1) is 5.95. The predicted molar refractivity (Wildman–Crippen MR) is 53.1 cm³/mol. The molecular weight excluding hydrogens is 254 g/mol. The average Bonchev–Trinajstić information content (AvgIpc) is 2.03. The van der Waals surface area contributed by atoms with E-state index in [1.807, 2.05) is 6.07 Å². The minimum absolute atomic E-state index is 0.171. The van der Waals surface area contributed by atoms with Gasteiger partial charge in [-0.2, -0.15) is 9.47 Å². The van der Waals surface area contributed by atoms with Gasteiger partial charge < -0.3 is 0 Å². The normalized spacial score (nSPS) is 14.5. The number of nitrogens with zero attached hydrogens (tertiary/aromatic N) is 1. The lowest BCUT2D eigenvalue weighted by atomic mass is 10.2. The van der Waals surface area contributed by atoms with Crippen molar-refractivity contribution in [1.82, 2.24) is 0 Å². The molecule has 13 heavy (non-hydrogen) atoms. The highest BCUT2D eigenvalue weighted by Gasteiger charge is 2.17. The van der Waals surface area contributed by atoms with E-state index < -0.39 is 9.84 Å². The van der Waals surface area contributed by atoms with Crippen LogP contribution in [0.3, 0.4) is 0 Å². The van der Waals surface area contributed by atoms with Crippen molar-refractivity contribution in [3.63, 3.8) is 0 Å². The molecule has 1 unspecified atom stereocenters. The van der Waals surface area contributed by atoms with Gasteiger partial charge in [0.1, 0.15) is 11.0 Å². The first-order valence-corrected chi connectivity index (χ1v) is 6.08. The molecular formula is C8H7BrNO2S+. The number of nitriles is 1. The highest BCUT2D eigenvalue weighted by molar-refractivity contribution is 9.10. The molecule has 0 fully saturated rings. The monoisotopic (exact) mass is 260 g/mol. The minimum atomic E-state index is -3.07. The van der Waals surface area contributed by atoms with E-state index in [0.29, 0.717) is 4.47 Å². The molecule has 3 nitrogen and oxygen atoms in total. The van der Waals surface area contributed by atoms with Crippen LogP contribution in [0.2, 0.25) is 0 Å².